The molecule has 158 valence electrons. The standard InChI is InChI=1S/C22H27N5O3/c1-17-3-5-19(6-4-17)15-25-11-13-26(14-12-25)16-22(28)24-23-18(2)20-7-9-21(10-8-20)27(29)30/h3-10H,11-16H2,1-2H3,(H,24,28)/b23-18+. The molecule has 2 aromatic rings. The Morgan fingerprint density at radius 3 is 2.23 bits per heavy atom. The van der Waals surface area contributed by atoms with Crippen molar-refractivity contribution in [2.24, 2.45) is 5.10 Å². The maximum atomic E-state index is 12.2. The predicted molar refractivity (Wildman–Crippen MR) is 116 cm³/mol. The van der Waals surface area contributed by atoms with Gasteiger partial charge in [0.25, 0.3) is 11.6 Å². The van der Waals surface area contributed by atoms with Crippen molar-refractivity contribution in [2.45, 2.75) is 20.4 Å². The minimum Gasteiger partial charge on any atom is -0.297 e. The number of carbonyl (C=O) groups excluding carboxylic acids is 1. The van der Waals surface area contributed by atoms with E-state index in [0.29, 0.717) is 12.3 Å². The van der Waals surface area contributed by atoms with Gasteiger partial charge in [0.05, 0.1) is 17.2 Å². The quantitative estimate of drug-likeness (QED) is 0.431. The third kappa shape index (κ3) is 6.20. The first-order chi connectivity index (χ1) is 14.4. The SMILES string of the molecule is C/C(=N\NC(=O)CN1CCN(Cc2ccc(C)cc2)CC1)c1ccc([N+](=O)[O-])cc1. The number of nitro groups is 1. The van der Waals surface area contributed by atoms with Crippen molar-refractivity contribution in [3.8, 4) is 0 Å². The van der Waals surface area contributed by atoms with Crippen molar-refractivity contribution >= 4 is 17.3 Å². The average molecular weight is 409 g/mol. The normalized spacial score (nSPS) is 15.7. The van der Waals surface area contributed by atoms with Crippen LogP contribution >= 0.6 is 0 Å². The summed E-state index contributed by atoms with van der Waals surface area (Å²) in [5.41, 5.74) is 6.51. The zero-order valence-electron chi connectivity index (χ0n) is 17.4. The van der Waals surface area contributed by atoms with Crippen molar-refractivity contribution < 1.29 is 9.72 Å². The highest BCUT2D eigenvalue weighted by Crippen LogP contribution is 2.12. The van der Waals surface area contributed by atoms with Crippen LogP contribution in [0.15, 0.2) is 53.6 Å². The molecule has 0 bridgehead atoms. The lowest BCUT2D eigenvalue weighted by atomic mass is 10.1. The molecule has 2 aromatic carbocycles. The molecule has 1 aliphatic rings. The van der Waals surface area contributed by atoms with Gasteiger partial charge in [-0.05, 0) is 37.1 Å². The number of hydrazone groups is 1. The largest absolute Gasteiger partial charge is 0.297 e. The molecule has 0 radical (unpaired) electrons. The first-order valence-electron chi connectivity index (χ1n) is 9.99. The zero-order valence-corrected chi connectivity index (χ0v) is 17.4. The molecule has 0 unspecified atom stereocenters. The van der Waals surface area contributed by atoms with Gasteiger partial charge in [-0.15, -0.1) is 0 Å². The Kier molecular flexibility index (Phi) is 7.26. The molecule has 0 saturated carbocycles. The van der Waals surface area contributed by atoms with Gasteiger partial charge < -0.3 is 0 Å². The second-order valence-corrected chi connectivity index (χ2v) is 7.57. The molecule has 1 N–H and O–H groups in total. The third-order valence-corrected chi connectivity index (χ3v) is 5.20. The van der Waals surface area contributed by atoms with Crippen LogP contribution < -0.4 is 5.43 Å². The van der Waals surface area contributed by atoms with Gasteiger partial charge in [-0.2, -0.15) is 5.10 Å². The highest BCUT2D eigenvalue weighted by molar-refractivity contribution is 5.99. The topological polar surface area (TPSA) is 91.1 Å². The summed E-state index contributed by atoms with van der Waals surface area (Å²) in [5.74, 6) is -0.164. The lowest BCUT2D eigenvalue weighted by molar-refractivity contribution is -0.384. The van der Waals surface area contributed by atoms with Gasteiger partial charge in [0, 0.05) is 44.9 Å². The monoisotopic (exact) mass is 409 g/mol. The molecule has 1 saturated heterocycles. The van der Waals surface area contributed by atoms with E-state index in [-0.39, 0.29) is 11.6 Å². The third-order valence-electron chi connectivity index (χ3n) is 5.20. The lowest BCUT2D eigenvalue weighted by Crippen LogP contribution is -2.48. The molecular formula is C22H27N5O3. The minimum atomic E-state index is -0.446. The van der Waals surface area contributed by atoms with Crippen LogP contribution in [0.3, 0.4) is 0 Å². The molecule has 8 nitrogen and oxygen atoms in total. The van der Waals surface area contributed by atoms with Crippen molar-refractivity contribution in [1.29, 1.82) is 0 Å². The molecule has 0 aliphatic carbocycles. The van der Waals surface area contributed by atoms with E-state index in [0.717, 1.165) is 38.3 Å². The first kappa shape index (κ1) is 21.6. The number of aryl methyl sites for hydroxylation is 1. The number of hydrogen-bond acceptors (Lipinski definition) is 6. The Labute approximate surface area is 176 Å². The van der Waals surface area contributed by atoms with Crippen LogP contribution in [-0.2, 0) is 11.3 Å². The van der Waals surface area contributed by atoms with E-state index in [1.54, 1.807) is 19.1 Å². The van der Waals surface area contributed by atoms with E-state index in [9.17, 15) is 14.9 Å². The maximum Gasteiger partial charge on any atom is 0.269 e. The summed E-state index contributed by atoms with van der Waals surface area (Å²) in [6.45, 7) is 8.60. The van der Waals surface area contributed by atoms with E-state index in [1.165, 1.54) is 23.3 Å². The number of rotatable bonds is 7. The Balaban J connectivity index is 1.42. The number of piperazine rings is 1. The van der Waals surface area contributed by atoms with E-state index >= 15 is 0 Å². The zero-order chi connectivity index (χ0) is 21.5. The summed E-state index contributed by atoms with van der Waals surface area (Å²) >= 11 is 0. The number of hydrogen-bond donors (Lipinski definition) is 1. The number of nitrogens with zero attached hydrogens (tertiary/aromatic N) is 4. The molecule has 1 fully saturated rings. The van der Waals surface area contributed by atoms with E-state index in [2.05, 4.69) is 51.5 Å². The van der Waals surface area contributed by atoms with E-state index < -0.39 is 4.92 Å². The fraction of sp³-hybridized carbons (Fsp3) is 0.364. The number of carbonyl (C=O) groups is 1. The minimum absolute atomic E-state index is 0.0251. The average Bonchev–Trinajstić information content (AvgIpc) is 2.75. The fourth-order valence-corrected chi connectivity index (χ4v) is 3.33. The number of nitrogens with one attached hydrogen (secondary N) is 1. The summed E-state index contributed by atoms with van der Waals surface area (Å²) < 4.78 is 0. The van der Waals surface area contributed by atoms with Gasteiger partial charge in [-0.1, -0.05) is 29.8 Å². The number of benzene rings is 2. The van der Waals surface area contributed by atoms with Crippen LogP contribution in [0.4, 0.5) is 5.69 Å². The van der Waals surface area contributed by atoms with Gasteiger partial charge >= 0.3 is 0 Å². The molecule has 30 heavy (non-hydrogen) atoms. The molecule has 1 heterocycles. The summed E-state index contributed by atoms with van der Waals surface area (Å²) in [6.07, 6.45) is 0. The number of nitro benzene ring substituents is 1. The van der Waals surface area contributed by atoms with Crippen molar-refractivity contribution in [1.82, 2.24) is 15.2 Å². The highest BCUT2D eigenvalue weighted by atomic mass is 16.6. The summed E-state index contributed by atoms with van der Waals surface area (Å²) in [4.78, 5) is 27.0. The van der Waals surface area contributed by atoms with Gasteiger partial charge in [-0.25, -0.2) is 5.43 Å². The number of amides is 1. The molecule has 1 amide bonds. The van der Waals surface area contributed by atoms with Gasteiger partial charge in [0.1, 0.15) is 0 Å². The highest BCUT2D eigenvalue weighted by Gasteiger charge is 2.19. The van der Waals surface area contributed by atoms with Crippen LogP contribution in [0.1, 0.15) is 23.6 Å². The van der Waals surface area contributed by atoms with Gasteiger partial charge in [0.2, 0.25) is 0 Å². The first-order valence-corrected chi connectivity index (χ1v) is 9.99. The second kappa shape index (κ2) is 10.1. The summed E-state index contributed by atoms with van der Waals surface area (Å²) in [5, 5.41) is 14.8. The Hall–Kier alpha value is -3.10. The van der Waals surface area contributed by atoms with Crippen molar-refractivity contribution in [3.63, 3.8) is 0 Å². The molecule has 1 aliphatic heterocycles. The van der Waals surface area contributed by atoms with Crippen LogP contribution in [0.25, 0.3) is 0 Å². The molecule has 3 rings (SSSR count). The summed E-state index contributed by atoms with van der Waals surface area (Å²) in [7, 11) is 0. The smallest absolute Gasteiger partial charge is 0.269 e. The lowest BCUT2D eigenvalue weighted by Gasteiger charge is -2.34. The molecular weight excluding hydrogens is 382 g/mol. The Bertz CT molecular complexity index is 901. The van der Waals surface area contributed by atoms with Crippen LogP contribution in [0, 0.1) is 17.0 Å². The molecule has 0 atom stereocenters. The number of non-ortho nitro benzene ring substituents is 1. The van der Waals surface area contributed by atoms with E-state index in [1.807, 2.05) is 0 Å². The van der Waals surface area contributed by atoms with Crippen LogP contribution in [0.2, 0.25) is 0 Å². The van der Waals surface area contributed by atoms with Crippen molar-refractivity contribution in [2.75, 3.05) is 32.7 Å². The Morgan fingerprint density at radius 1 is 1.03 bits per heavy atom. The van der Waals surface area contributed by atoms with Crippen LogP contribution in [0.5, 0.6) is 0 Å². The molecule has 8 heteroatoms. The van der Waals surface area contributed by atoms with E-state index in [4.69, 9.17) is 0 Å². The van der Waals surface area contributed by atoms with Gasteiger partial charge in [0.15, 0.2) is 0 Å². The predicted octanol–water partition coefficient (Wildman–Crippen LogP) is 2.56. The Morgan fingerprint density at radius 2 is 1.63 bits per heavy atom. The van der Waals surface area contributed by atoms with Crippen molar-refractivity contribution in [3.05, 3.63) is 75.3 Å². The van der Waals surface area contributed by atoms with Crippen LogP contribution in [-0.4, -0.2) is 59.1 Å². The second-order valence-electron chi connectivity index (χ2n) is 7.57. The molecule has 0 aromatic heterocycles. The summed E-state index contributed by atoms with van der Waals surface area (Å²) in [6, 6.07) is 14.7. The van der Waals surface area contributed by atoms with Gasteiger partial charge in [-0.3, -0.25) is 24.7 Å². The molecule has 0 spiro atoms. The fourth-order valence-electron chi connectivity index (χ4n) is 3.33. The maximum absolute atomic E-state index is 12.2.